The SMILES string of the molecule is CCCCc1cc(S(=O)(=O)O)ccc1C. The van der Waals surface area contributed by atoms with E-state index in [-0.39, 0.29) is 4.90 Å². The van der Waals surface area contributed by atoms with E-state index in [1.54, 1.807) is 12.1 Å². The maximum Gasteiger partial charge on any atom is 0.294 e. The minimum atomic E-state index is -4.07. The lowest BCUT2D eigenvalue weighted by Gasteiger charge is -2.06. The zero-order valence-corrected chi connectivity index (χ0v) is 9.84. The van der Waals surface area contributed by atoms with Gasteiger partial charge in [0.25, 0.3) is 10.1 Å². The maximum absolute atomic E-state index is 10.9. The van der Waals surface area contributed by atoms with E-state index in [1.165, 1.54) is 6.07 Å². The van der Waals surface area contributed by atoms with Crippen LogP contribution in [0.4, 0.5) is 0 Å². The van der Waals surface area contributed by atoms with Crippen molar-refractivity contribution in [2.75, 3.05) is 0 Å². The van der Waals surface area contributed by atoms with Crippen molar-refractivity contribution in [3.63, 3.8) is 0 Å². The molecule has 0 aromatic heterocycles. The summed E-state index contributed by atoms with van der Waals surface area (Å²) in [6.07, 6.45) is 2.94. The average Bonchev–Trinajstić information content (AvgIpc) is 2.15. The molecule has 0 atom stereocenters. The molecule has 0 aliphatic carbocycles. The average molecular weight is 228 g/mol. The van der Waals surface area contributed by atoms with Gasteiger partial charge in [-0.25, -0.2) is 0 Å². The molecule has 84 valence electrons. The highest BCUT2D eigenvalue weighted by molar-refractivity contribution is 7.85. The van der Waals surface area contributed by atoms with Crippen LogP contribution in [0.2, 0.25) is 0 Å². The first kappa shape index (κ1) is 12.2. The second-order valence-electron chi connectivity index (χ2n) is 3.67. The molecule has 0 fully saturated rings. The molecule has 4 heteroatoms. The summed E-state index contributed by atoms with van der Waals surface area (Å²) in [4.78, 5) is -0.0146. The van der Waals surface area contributed by atoms with Gasteiger partial charge in [0.1, 0.15) is 0 Å². The third-order valence-electron chi connectivity index (χ3n) is 2.42. The molecule has 1 rings (SSSR count). The van der Waals surface area contributed by atoms with Crippen LogP contribution in [0.1, 0.15) is 30.9 Å². The van der Waals surface area contributed by atoms with E-state index in [2.05, 4.69) is 6.92 Å². The molecular formula is C11H16O3S. The predicted molar refractivity (Wildman–Crippen MR) is 59.6 cm³/mol. The van der Waals surface area contributed by atoms with Crippen molar-refractivity contribution in [3.8, 4) is 0 Å². The third kappa shape index (κ3) is 3.32. The van der Waals surface area contributed by atoms with Crippen LogP contribution in [0.3, 0.4) is 0 Å². The molecule has 1 aromatic carbocycles. The van der Waals surface area contributed by atoms with E-state index in [1.807, 2.05) is 6.92 Å². The number of rotatable bonds is 4. The molecule has 0 saturated carbocycles. The number of aryl methyl sites for hydroxylation is 2. The minimum absolute atomic E-state index is 0.0146. The summed E-state index contributed by atoms with van der Waals surface area (Å²) < 4.78 is 30.8. The van der Waals surface area contributed by atoms with Crippen molar-refractivity contribution in [1.82, 2.24) is 0 Å². The fourth-order valence-corrected chi connectivity index (χ4v) is 1.98. The van der Waals surface area contributed by atoms with Crippen LogP contribution < -0.4 is 0 Å². The van der Waals surface area contributed by atoms with Crippen LogP contribution in [0.15, 0.2) is 23.1 Å². The van der Waals surface area contributed by atoms with Crippen molar-refractivity contribution in [1.29, 1.82) is 0 Å². The van der Waals surface area contributed by atoms with Gasteiger partial charge in [0, 0.05) is 0 Å². The normalized spacial score (nSPS) is 11.7. The first-order chi connectivity index (χ1) is 6.95. The Kier molecular flexibility index (Phi) is 3.88. The van der Waals surface area contributed by atoms with Crippen LogP contribution in [-0.4, -0.2) is 13.0 Å². The van der Waals surface area contributed by atoms with Gasteiger partial charge in [-0.1, -0.05) is 19.4 Å². The molecule has 0 bridgehead atoms. The molecule has 0 aliphatic rings. The summed E-state index contributed by atoms with van der Waals surface area (Å²) in [5.74, 6) is 0. The second-order valence-corrected chi connectivity index (χ2v) is 5.09. The van der Waals surface area contributed by atoms with E-state index in [9.17, 15) is 8.42 Å². The number of benzene rings is 1. The molecule has 1 N–H and O–H groups in total. The van der Waals surface area contributed by atoms with Crippen molar-refractivity contribution < 1.29 is 13.0 Å². The highest BCUT2D eigenvalue weighted by Crippen LogP contribution is 2.17. The largest absolute Gasteiger partial charge is 0.294 e. The zero-order chi connectivity index (χ0) is 11.5. The van der Waals surface area contributed by atoms with Crippen LogP contribution >= 0.6 is 0 Å². The van der Waals surface area contributed by atoms with Crippen molar-refractivity contribution in [2.24, 2.45) is 0 Å². The minimum Gasteiger partial charge on any atom is -0.282 e. The Labute approximate surface area is 90.9 Å². The van der Waals surface area contributed by atoms with Crippen LogP contribution in [0.5, 0.6) is 0 Å². The van der Waals surface area contributed by atoms with Gasteiger partial charge in [-0.3, -0.25) is 4.55 Å². The molecule has 0 heterocycles. The molecule has 0 aliphatic heterocycles. The molecule has 0 amide bonds. The summed E-state index contributed by atoms with van der Waals surface area (Å²) in [6, 6.07) is 4.72. The Bertz CT molecular complexity index is 435. The highest BCUT2D eigenvalue weighted by atomic mass is 32.2. The maximum atomic E-state index is 10.9. The third-order valence-corrected chi connectivity index (χ3v) is 3.27. The first-order valence-corrected chi connectivity index (χ1v) is 6.46. The Morgan fingerprint density at radius 2 is 2.00 bits per heavy atom. The summed E-state index contributed by atoms with van der Waals surface area (Å²) >= 11 is 0. The summed E-state index contributed by atoms with van der Waals surface area (Å²) in [5.41, 5.74) is 2.06. The number of hydrogen-bond donors (Lipinski definition) is 1. The zero-order valence-electron chi connectivity index (χ0n) is 9.03. The lowest BCUT2D eigenvalue weighted by molar-refractivity contribution is 0.483. The molecule has 0 saturated heterocycles. The van der Waals surface area contributed by atoms with Gasteiger partial charge >= 0.3 is 0 Å². The smallest absolute Gasteiger partial charge is 0.282 e. The molecule has 3 nitrogen and oxygen atoms in total. The Morgan fingerprint density at radius 3 is 2.53 bits per heavy atom. The quantitative estimate of drug-likeness (QED) is 0.806. The van der Waals surface area contributed by atoms with E-state index in [0.29, 0.717) is 0 Å². The highest BCUT2D eigenvalue weighted by Gasteiger charge is 2.10. The molecule has 0 spiro atoms. The molecule has 15 heavy (non-hydrogen) atoms. The van der Waals surface area contributed by atoms with Gasteiger partial charge in [-0.05, 0) is 43.0 Å². The fraction of sp³-hybridized carbons (Fsp3) is 0.455. The summed E-state index contributed by atoms with van der Waals surface area (Å²) in [5, 5.41) is 0. The molecule has 0 unspecified atom stereocenters. The lowest BCUT2D eigenvalue weighted by Crippen LogP contribution is -2.00. The van der Waals surface area contributed by atoms with Crippen molar-refractivity contribution in [3.05, 3.63) is 29.3 Å². The fourth-order valence-electron chi connectivity index (χ4n) is 1.44. The van der Waals surface area contributed by atoms with Gasteiger partial charge in [-0.2, -0.15) is 8.42 Å². The molecule has 0 radical (unpaired) electrons. The topological polar surface area (TPSA) is 54.4 Å². The Morgan fingerprint density at radius 1 is 1.33 bits per heavy atom. The number of unbranched alkanes of at least 4 members (excludes halogenated alkanes) is 1. The predicted octanol–water partition coefficient (Wildman–Crippen LogP) is 2.58. The lowest BCUT2D eigenvalue weighted by atomic mass is 10.0. The Balaban J connectivity index is 3.06. The van der Waals surface area contributed by atoms with Crippen LogP contribution in [-0.2, 0) is 16.5 Å². The van der Waals surface area contributed by atoms with Gasteiger partial charge in [0.2, 0.25) is 0 Å². The molecule has 1 aromatic rings. The summed E-state index contributed by atoms with van der Waals surface area (Å²) in [7, 11) is -4.07. The van der Waals surface area contributed by atoms with Gasteiger partial charge < -0.3 is 0 Å². The van der Waals surface area contributed by atoms with Crippen molar-refractivity contribution in [2.45, 2.75) is 38.0 Å². The molecular weight excluding hydrogens is 212 g/mol. The van der Waals surface area contributed by atoms with Crippen LogP contribution in [0, 0.1) is 6.92 Å². The van der Waals surface area contributed by atoms with E-state index in [0.717, 1.165) is 30.4 Å². The number of hydrogen-bond acceptors (Lipinski definition) is 2. The summed E-state index contributed by atoms with van der Waals surface area (Å²) in [6.45, 7) is 4.03. The Hall–Kier alpha value is -0.870. The second kappa shape index (κ2) is 4.77. The standard InChI is InChI=1S/C11H16O3S/c1-3-4-5-10-8-11(15(12,13)14)7-6-9(10)2/h6-8H,3-5H2,1-2H3,(H,12,13,14). The van der Waals surface area contributed by atoms with Crippen molar-refractivity contribution >= 4 is 10.1 Å². The van der Waals surface area contributed by atoms with E-state index >= 15 is 0 Å². The van der Waals surface area contributed by atoms with Gasteiger partial charge in [0.15, 0.2) is 0 Å². The van der Waals surface area contributed by atoms with Crippen LogP contribution in [0.25, 0.3) is 0 Å². The van der Waals surface area contributed by atoms with E-state index < -0.39 is 10.1 Å². The van der Waals surface area contributed by atoms with Gasteiger partial charge in [-0.15, -0.1) is 0 Å². The van der Waals surface area contributed by atoms with Gasteiger partial charge in [0.05, 0.1) is 4.90 Å². The van der Waals surface area contributed by atoms with E-state index in [4.69, 9.17) is 4.55 Å². The first-order valence-electron chi connectivity index (χ1n) is 5.02. The monoisotopic (exact) mass is 228 g/mol.